The van der Waals surface area contributed by atoms with Gasteiger partial charge in [-0.25, -0.2) is 4.98 Å². The van der Waals surface area contributed by atoms with Crippen LogP contribution in [-0.2, 0) is 16.0 Å². The van der Waals surface area contributed by atoms with Gasteiger partial charge >= 0.3 is 0 Å². The Kier molecular flexibility index (Phi) is 4.92. The number of anilines is 1. The highest BCUT2D eigenvalue weighted by molar-refractivity contribution is 5.94. The van der Waals surface area contributed by atoms with E-state index in [-0.39, 0.29) is 17.9 Å². The average molecular weight is 388 g/mol. The molecule has 1 aromatic carbocycles. The normalized spacial score (nSPS) is 14.7. The van der Waals surface area contributed by atoms with Crippen LogP contribution in [0.5, 0.6) is 0 Å². The second kappa shape index (κ2) is 7.54. The summed E-state index contributed by atoms with van der Waals surface area (Å²) in [7, 11) is 1.81. The number of aryl methyl sites for hydroxylation is 2. The smallest absolute Gasteiger partial charge is 0.246 e. The second-order valence-corrected chi connectivity index (χ2v) is 7.52. The minimum Gasteiger partial charge on any atom is -0.361 e. The number of carbonyl (C=O) groups is 2. The van der Waals surface area contributed by atoms with E-state index >= 15 is 0 Å². The number of nitrogens with one attached hydrogen (secondary N) is 2. The maximum atomic E-state index is 12.8. The quantitative estimate of drug-likeness (QED) is 0.664. The first kappa shape index (κ1) is 18.9. The number of hydrogen-bond acceptors (Lipinski definition) is 3. The van der Waals surface area contributed by atoms with Crippen LogP contribution >= 0.6 is 0 Å². The zero-order valence-corrected chi connectivity index (χ0v) is 16.8. The Hall–Kier alpha value is -3.41. The summed E-state index contributed by atoms with van der Waals surface area (Å²) in [5.74, 6) is 0.531. The van der Waals surface area contributed by atoms with Gasteiger partial charge in [-0.3, -0.25) is 9.59 Å². The zero-order chi connectivity index (χ0) is 20.5. The van der Waals surface area contributed by atoms with Crippen molar-refractivity contribution >= 4 is 34.6 Å². The highest BCUT2D eigenvalue weighted by atomic mass is 16.2. The number of amides is 2. The molecule has 1 unspecified atom stereocenters. The molecule has 0 aliphatic carbocycles. The van der Waals surface area contributed by atoms with Gasteiger partial charge in [-0.2, -0.15) is 0 Å². The topological polar surface area (TPSA) is 78.1 Å². The van der Waals surface area contributed by atoms with Crippen molar-refractivity contribution in [2.75, 3.05) is 12.4 Å². The summed E-state index contributed by atoms with van der Waals surface area (Å²) < 4.78 is 0. The fourth-order valence-electron chi connectivity index (χ4n) is 3.78. The molecule has 29 heavy (non-hydrogen) atoms. The summed E-state index contributed by atoms with van der Waals surface area (Å²) in [5, 5.41) is 3.94. The Morgan fingerprint density at radius 1 is 1.31 bits per heavy atom. The van der Waals surface area contributed by atoms with Crippen LogP contribution < -0.4 is 5.32 Å². The SMILES string of the molecule is Cc1cccc2[nH]cc(C(C)N(C)C(=O)C=Cc3cnc4c(c3)CCC(=O)N4)c12. The molecule has 2 N–H and O–H groups in total. The highest BCUT2D eigenvalue weighted by Gasteiger charge is 2.20. The van der Waals surface area contributed by atoms with Gasteiger partial charge in [0.05, 0.1) is 6.04 Å². The number of carbonyl (C=O) groups excluding carboxylic acids is 2. The van der Waals surface area contributed by atoms with Crippen molar-refractivity contribution < 1.29 is 9.59 Å². The van der Waals surface area contributed by atoms with Crippen LogP contribution in [0.25, 0.3) is 17.0 Å². The van der Waals surface area contributed by atoms with Crippen molar-refractivity contribution in [3.63, 3.8) is 0 Å². The summed E-state index contributed by atoms with van der Waals surface area (Å²) in [4.78, 5) is 33.5. The molecule has 0 bridgehead atoms. The Labute approximate surface area is 169 Å². The molecular weight excluding hydrogens is 364 g/mol. The Balaban J connectivity index is 1.51. The number of aromatic amines is 1. The first-order chi connectivity index (χ1) is 13.9. The predicted molar refractivity (Wildman–Crippen MR) is 114 cm³/mol. The van der Waals surface area contributed by atoms with Gasteiger partial charge in [0.2, 0.25) is 11.8 Å². The van der Waals surface area contributed by atoms with E-state index < -0.39 is 0 Å². The van der Waals surface area contributed by atoms with Gasteiger partial charge in [0.15, 0.2) is 0 Å². The third-order valence-electron chi connectivity index (χ3n) is 5.61. The van der Waals surface area contributed by atoms with Crippen LogP contribution in [0.4, 0.5) is 5.82 Å². The largest absolute Gasteiger partial charge is 0.361 e. The molecule has 2 aromatic heterocycles. The third kappa shape index (κ3) is 3.66. The number of nitrogens with zero attached hydrogens (tertiary/aromatic N) is 2. The van der Waals surface area contributed by atoms with E-state index in [0.717, 1.165) is 22.2 Å². The maximum Gasteiger partial charge on any atom is 0.246 e. The fourth-order valence-corrected chi connectivity index (χ4v) is 3.78. The summed E-state index contributed by atoms with van der Waals surface area (Å²) in [6.45, 7) is 4.11. The molecule has 3 heterocycles. The number of aromatic nitrogens is 2. The van der Waals surface area contributed by atoms with Gasteiger partial charge < -0.3 is 15.2 Å². The lowest BCUT2D eigenvalue weighted by Gasteiger charge is -2.24. The number of benzene rings is 1. The molecule has 6 nitrogen and oxygen atoms in total. The average Bonchev–Trinajstić information content (AvgIpc) is 3.16. The maximum absolute atomic E-state index is 12.8. The van der Waals surface area contributed by atoms with Crippen LogP contribution in [0.1, 0.15) is 41.6 Å². The predicted octanol–water partition coefficient (Wildman–Crippen LogP) is 3.99. The van der Waals surface area contributed by atoms with E-state index in [4.69, 9.17) is 0 Å². The zero-order valence-electron chi connectivity index (χ0n) is 16.8. The number of rotatable bonds is 4. The lowest BCUT2D eigenvalue weighted by Crippen LogP contribution is -2.27. The van der Waals surface area contributed by atoms with Gasteiger partial charge in [0, 0.05) is 42.8 Å². The van der Waals surface area contributed by atoms with Crippen molar-refractivity contribution in [2.24, 2.45) is 0 Å². The molecule has 0 saturated heterocycles. The minimum absolute atomic E-state index is 0.00778. The van der Waals surface area contributed by atoms with E-state index in [1.54, 1.807) is 23.2 Å². The van der Waals surface area contributed by atoms with Gasteiger partial charge in [0.1, 0.15) is 5.82 Å². The molecular formula is C23H24N4O2. The standard InChI is InChI=1S/C23H24N4O2/c1-14-5-4-6-19-22(14)18(13-24-19)15(2)27(3)21(29)10-7-16-11-17-8-9-20(28)26-23(17)25-12-16/h4-7,10-13,15,24H,8-9H2,1-3H3,(H,25,26,28). The van der Waals surface area contributed by atoms with E-state index in [0.29, 0.717) is 18.7 Å². The number of hydrogen-bond donors (Lipinski definition) is 2. The van der Waals surface area contributed by atoms with Gasteiger partial charge in [0.25, 0.3) is 0 Å². The number of likely N-dealkylation sites (N-methyl/N-ethyl adjacent to an activating group) is 1. The van der Waals surface area contributed by atoms with E-state index in [1.807, 2.05) is 38.4 Å². The van der Waals surface area contributed by atoms with Gasteiger partial charge in [-0.1, -0.05) is 12.1 Å². The van der Waals surface area contributed by atoms with Crippen molar-refractivity contribution in [2.45, 2.75) is 32.7 Å². The van der Waals surface area contributed by atoms with Gasteiger partial charge in [-0.05, 0) is 60.7 Å². The molecule has 3 aromatic rings. The van der Waals surface area contributed by atoms with E-state index in [1.165, 1.54) is 10.9 Å². The molecule has 1 atom stereocenters. The van der Waals surface area contributed by atoms with Crippen LogP contribution in [0.15, 0.2) is 42.7 Å². The molecule has 148 valence electrons. The molecule has 1 aliphatic heterocycles. The molecule has 2 amide bonds. The monoisotopic (exact) mass is 388 g/mol. The molecule has 6 heteroatoms. The summed E-state index contributed by atoms with van der Waals surface area (Å²) in [6.07, 6.45) is 8.13. The lowest BCUT2D eigenvalue weighted by molar-refractivity contribution is -0.126. The number of H-pyrrole nitrogens is 1. The third-order valence-corrected chi connectivity index (χ3v) is 5.61. The second-order valence-electron chi connectivity index (χ2n) is 7.52. The van der Waals surface area contributed by atoms with E-state index in [2.05, 4.69) is 28.3 Å². The van der Waals surface area contributed by atoms with Crippen molar-refractivity contribution in [3.8, 4) is 0 Å². The Bertz CT molecular complexity index is 1130. The van der Waals surface area contributed by atoms with Crippen LogP contribution in [0.3, 0.4) is 0 Å². The lowest BCUT2D eigenvalue weighted by atomic mass is 10.0. The summed E-state index contributed by atoms with van der Waals surface area (Å²) in [5.41, 5.74) is 5.21. The van der Waals surface area contributed by atoms with Crippen LogP contribution in [-0.4, -0.2) is 33.7 Å². The Morgan fingerprint density at radius 3 is 2.97 bits per heavy atom. The minimum atomic E-state index is -0.0774. The fraction of sp³-hybridized carbons (Fsp3) is 0.261. The number of fused-ring (bicyclic) bond motifs is 2. The van der Waals surface area contributed by atoms with Crippen molar-refractivity contribution in [1.82, 2.24) is 14.9 Å². The van der Waals surface area contributed by atoms with Crippen molar-refractivity contribution in [3.05, 3.63) is 65.0 Å². The highest BCUT2D eigenvalue weighted by Crippen LogP contribution is 2.30. The van der Waals surface area contributed by atoms with Crippen molar-refractivity contribution in [1.29, 1.82) is 0 Å². The molecule has 1 aliphatic rings. The van der Waals surface area contributed by atoms with Crippen LogP contribution in [0.2, 0.25) is 0 Å². The number of pyridine rings is 1. The summed E-state index contributed by atoms with van der Waals surface area (Å²) in [6, 6.07) is 8.06. The molecule has 0 radical (unpaired) electrons. The molecule has 4 rings (SSSR count). The Morgan fingerprint density at radius 2 is 2.14 bits per heavy atom. The molecule has 0 fully saturated rings. The van der Waals surface area contributed by atoms with Crippen LogP contribution in [0, 0.1) is 6.92 Å². The van der Waals surface area contributed by atoms with E-state index in [9.17, 15) is 9.59 Å². The molecule has 0 spiro atoms. The molecule has 0 saturated carbocycles. The first-order valence-electron chi connectivity index (χ1n) is 9.74. The first-order valence-corrected chi connectivity index (χ1v) is 9.74. The van der Waals surface area contributed by atoms with Gasteiger partial charge in [-0.15, -0.1) is 0 Å². The summed E-state index contributed by atoms with van der Waals surface area (Å²) >= 11 is 0.